The third-order valence-electron chi connectivity index (χ3n) is 1.95. The second kappa shape index (κ2) is 3.80. The van der Waals surface area contributed by atoms with Crippen LogP contribution in [0.1, 0.15) is 12.8 Å². The molecule has 5 heteroatoms. The highest BCUT2D eigenvalue weighted by Gasteiger charge is 2.36. The number of hydrogen-bond donors (Lipinski definition) is 2. The molecular formula is C7H11NO3S. The molecule has 0 aromatic carbocycles. The molecule has 0 bridgehead atoms. The minimum absolute atomic E-state index is 0.108. The Morgan fingerprint density at radius 2 is 2.25 bits per heavy atom. The SMILES string of the molecule is O=C(O)C1CCN1C(=O)CCS. The number of nitrogens with zero attached hydrogens (tertiary/aromatic N) is 1. The largest absolute Gasteiger partial charge is 0.480 e. The van der Waals surface area contributed by atoms with Gasteiger partial charge >= 0.3 is 5.97 Å². The second-order valence-electron chi connectivity index (χ2n) is 2.70. The van der Waals surface area contributed by atoms with Gasteiger partial charge in [0.25, 0.3) is 0 Å². The van der Waals surface area contributed by atoms with Crippen molar-refractivity contribution >= 4 is 24.5 Å². The molecule has 0 aliphatic carbocycles. The van der Waals surface area contributed by atoms with Gasteiger partial charge in [0.1, 0.15) is 6.04 Å². The highest BCUT2D eigenvalue weighted by atomic mass is 32.1. The van der Waals surface area contributed by atoms with E-state index in [1.165, 1.54) is 4.90 Å². The molecule has 1 N–H and O–H groups in total. The van der Waals surface area contributed by atoms with Crippen molar-refractivity contribution in [3.63, 3.8) is 0 Å². The first-order valence-electron chi connectivity index (χ1n) is 3.80. The van der Waals surface area contributed by atoms with Crippen LogP contribution in [0.3, 0.4) is 0 Å². The lowest BCUT2D eigenvalue weighted by atomic mass is 10.0. The number of hydrogen-bond acceptors (Lipinski definition) is 3. The van der Waals surface area contributed by atoms with Crippen molar-refractivity contribution in [3.05, 3.63) is 0 Å². The molecule has 0 spiro atoms. The summed E-state index contributed by atoms with van der Waals surface area (Å²) in [7, 11) is 0. The van der Waals surface area contributed by atoms with Crippen LogP contribution in [-0.2, 0) is 9.59 Å². The Labute approximate surface area is 76.0 Å². The first kappa shape index (κ1) is 9.38. The van der Waals surface area contributed by atoms with Crippen molar-refractivity contribution in [1.82, 2.24) is 4.90 Å². The number of amides is 1. The van der Waals surface area contributed by atoms with E-state index in [0.717, 1.165) is 0 Å². The van der Waals surface area contributed by atoms with Gasteiger partial charge in [-0.25, -0.2) is 4.79 Å². The maximum absolute atomic E-state index is 11.2. The molecule has 0 saturated carbocycles. The molecule has 0 aromatic heterocycles. The Balaban J connectivity index is 2.43. The highest BCUT2D eigenvalue weighted by molar-refractivity contribution is 7.80. The number of rotatable bonds is 3. The minimum atomic E-state index is -0.909. The van der Waals surface area contributed by atoms with Crippen LogP contribution in [0.4, 0.5) is 0 Å². The number of carbonyl (C=O) groups excluding carboxylic acids is 1. The molecule has 1 aliphatic heterocycles. The predicted octanol–water partition coefficient (Wildman–Crippen LogP) is -0.00820. The summed E-state index contributed by atoms with van der Waals surface area (Å²) < 4.78 is 0. The first-order chi connectivity index (χ1) is 5.66. The molecule has 1 heterocycles. The lowest BCUT2D eigenvalue weighted by Crippen LogP contribution is -2.55. The molecule has 68 valence electrons. The zero-order chi connectivity index (χ0) is 9.14. The zero-order valence-electron chi connectivity index (χ0n) is 6.56. The van der Waals surface area contributed by atoms with Gasteiger partial charge in [-0.15, -0.1) is 0 Å². The molecule has 1 aliphatic rings. The maximum atomic E-state index is 11.2. The average Bonchev–Trinajstić information content (AvgIpc) is 1.82. The van der Waals surface area contributed by atoms with Gasteiger partial charge < -0.3 is 10.0 Å². The topological polar surface area (TPSA) is 57.6 Å². The van der Waals surface area contributed by atoms with E-state index in [0.29, 0.717) is 25.1 Å². The summed E-state index contributed by atoms with van der Waals surface area (Å²) in [6.45, 7) is 0.573. The molecule has 12 heavy (non-hydrogen) atoms. The van der Waals surface area contributed by atoms with Gasteiger partial charge in [-0.3, -0.25) is 4.79 Å². The summed E-state index contributed by atoms with van der Waals surface area (Å²) >= 11 is 3.90. The van der Waals surface area contributed by atoms with E-state index in [9.17, 15) is 9.59 Å². The van der Waals surface area contributed by atoms with E-state index >= 15 is 0 Å². The van der Waals surface area contributed by atoms with Crippen LogP contribution in [0.5, 0.6) is 0 Å². The van der Waals surface area contributed by atoms with Crippen LogP contribution in [-0.4, -0.2) is 40.2 Å². The molecule has 1 atom stereocenters. The molecule has 0 radical (unpaired) electrons. The number of aliphatic carboxylic acids is 1. The van der Waals surface area contributed by atoms with Crippen LogP contribution >= 0.6 is 12.6 Å². The Kier molecular flexibility index (Phi) is 2.97. The summed E-state index contributed by atoms with van der Waals surface area (Å²) in [5.74, 6) is -0.542. The molecular weight excluding hydrogens is 178 g/mol. The molecule has 1 unspecified atom stereocenters. The monoisotopic (exact) mass is 189 g/mol. The summed E-state index contributed by atoms with van der Waals surface area (Å²) in [6, 6.07) is -0.586. The van der Waals surface area contributed by atoms with Crippen molar-refractivity contribution in [1.29, 1.82) is 0 Å². The molecule has 0 aromatic rings. The normalized spacial score (nSPS) is 21.8. The van der Waals surface area contributed by atoms with Crippen molar-refractivity contribution in [2.45, 2.75) is 18.9 Å². The number of carbonyl (C=O) groups is 2. The van der Waals surface area contributed by atoms with Gasteiger partial charge in [-0.1, -0.05) is 0 Å². The van der Waals surface area contributed by atoms with Gasteiger partial charge in [0, 0.05) is 13.0 Å². The lowest BCUT2D eigenvalue weighted by Gasteiger charge is -2.37. The molecule has 1 saturated heterocycles. The smallest absolute Gasteiger partial charge is 0.326 e. The molecule has 1 amide bonds. The highest BCUT2D eigenvalue weighted by Crippen LogP contribution is 2.18. The number of thiol groups is 1. The van der Waals surface area contributed by atoms with Gasteiger partial charge in [0.2, 0.25) is 5.91 Å². The quantitative estimate of drug-likeness (QED) is 0.614. The van der Waals surface area contributed by atoms with Gasteiger partial charge in [0.05, 0.1) is 0 Å². The maximum Gasteiger partial charge on any atom is 0.326 e. The lowest BCUT2D eigenvalue weighted by molar-refractivity contribution is -0.156. The third-order valence-corrected chi connectivity index (χ3v) is 2.17. The van der Waals surface area contributed by atoms with Crippen molar-refractivity contribution in [2.75, 3.05) is 12.3 Å². The van der Waals surface area contributed by atoms with Crippen LogP contribution in [0.15, 0.2) is 0 Å². The van der Waals surface area contributed by atoms with Crippen LogP contribution in [0.2, 0.25) is 0 Å². The minimum Gasteiger partial charge on any atom is -0.480 e. The van der Waals surface area contributed by atoms with E-state index in [1.807, 2.05) is 0 Å². The third kappa shape index (κ3) is 1.72. The van der Waals surface area contributed by atoms with E-state index < -0.39 is 12.0 Å². The Morgan fingerprint density at radius 1 is 1.58 bits per heavy atom. The van der Waals surface area contributed by atoms with Gasteiger partial charge in [-0.2, -0.15) is 12.6 Å². The van der Waals surface area contributed by atoms with Crippen LogP contribution in [0, 0.1) is 0 Å². The van der Waals surface area contributed by atoms with E-state index in [-0.39, 0.29) is 5.91 Å². The van der Waals surface area contributed by atoms with Crippen molar-refractivity contribution in [2.24, 2.45) is 0 Å². The van der Waals surface area contributed by atoms with Gasteiger partial charge in [0.15, 0.2) is 0 Å². The summed E-state index contributed by atoms with van der Waals surface area (Å²) in [5.41, 5.74) is 0. The van der Waals surface area contributed by atoms with Gasteiger partial charge in [-0.05, 0) is 12.2 Å². The summed E-state index contributed by atoms with van der Waals surface area (Å²) in [4.78, 5) is 23.0. The summed E-state index contributed by atoms with van der Waals surface area (Å²) in [6.07, 6.45) is 0.903. The van der Waals surface area contributed by atoms with Crippen molar-refractivity contribution < 1.29 is 14.7 Å². The fourth-order valence-electron chi connectivity index (χ4n) is 1.18. The van der Waals surface area contributed by atoms with Crippen LogP contribution < -0.4 is 0 Å². The Morgan fingerprint density at radius 3 is 2.58 bits per heavy atom. The van der Waals surface area contributed by atoms with E-state index in [1.54, 1.807) is 0 Å². The van der Waals surface area contributed by atoms with E-state index in [4.69, 9.17) is 5.11 Å². The number of carboxylic acids is 1. The van der Waals surface area contributed by atoms with Crippen LogP contribution in [0.25, 0.3) is 0 Å². The predicted molar refractivity (Wildman–Crippen MR) is 46.2 cm³/mol. The molecule has 4 nitrogen and oxygen atoms in total. The first-order valence-corrected chi connectivity index (χ1v) is 4.43. The Bertz CT molecular complexity index is 207. The average molecular weight is 189 g/mol. The molecule has 1 rings (SSSR count). The molecule has 1 fully saturated rings. The second-order valence-corrected chi connectivity index (χ2v) is 3.15. The Hall–Kier alpha value is -0.710. The number of likely N-dealkylation sites (tertiary alicyclic amines) is 1. The standard InChI is InChI=1S/C7H11NO3S/c9-6(2-4-12)8-3-1-5(8)7(10)11/h5,12H,1-4H2,(H,10,11). The van der Waals surface area contributed by atoms with Crippen molar-refractivity contribution in [3.8, 4) is 0 Å². The summed E-state index contributed by atoms with van der Waals surface area (Å²) in [5, 5.41) is 8.61. The zero-order valence-corrected chi connectivity index (χ0v) is 7.46. The fourth-order valence-corrected chi connectivity index (χ4v) is 1.37. The van der Waals surface area contributed by atoms with E-state index in [2.05, 4.69) is 12.6 Å². The fraction of sp³-hybridized carbons (Fsp3) is 0.714. The number of carboxylic acid groups (broad SMARTS) is 1.